The SMILES string of the molecule is CCC1CCN(C(=O)c2ccc(OC)cc2F)C(CN)C1. The highest BCUT2D eigenvalue weighted by molar-refractivity contribution is 5.95. The molecule has 0 saturated carbocycles. The van der Waals surface area contributed by atoms with Crippen molar-refractivity contribution in [1.82, 2.24) is 4.90 Å². The molecule has 0 aliphatic carbocycles. The highest BCUT2D eigenvalue weighted by atomic mass is 19.1. The Morgan fingerprint density at radius 1 is 1.52 bits per heavy atom. The number of nitrogens with zero attached hydrogens (tertiary/aromatic N) is 1. The van der Waals surface area contributed by atoms with Crippen molar-refractivity contribution in [2.24, 2.45) is 11.7 Å². The van der Waals surface area contributed by atoms with Gasteiger partial charge < -0.3 is 15.4 Å². The zero-order valence-electron chi connectivity index (χ0n) is 12.6. The summed E-state index contributed by atoms with van der Waals surface area (Å²) in [4.78, 5) is 14.3. The normalized spacial score (nSPS) is 22.2. The highest BCUT2D eigenvalue weighted by Gasteiger charge is 2.31. The number of methoxy groups -OCH3 is 1. The van der Waals surface area contributed by atoms with Gasteiger partial charge in [0, 0.05) is 25.2 Å². The standard InChI is InChI=1S/C16H23FN2O2/c1-3-11-6-7-19(12(8-11)10-18)16(20)14-5-4-13(21-2)9-15(14)17/h4-5,9,11-12H,3,6-8,10,18H2,1-2H3. The molecule has 2 rings (SSSR count). The number of carbonyl (C=O) groups is 1. The molecule has 0 radical (unpaired) electrons. The zero-order valence-corrected chi connectivity index (χ0v) is 12.6. The van der Waals surface area contributed by atoms with E-state index < -0.39 is 5.82 Å². The van der Waals surface area contributed by atoms with Crippen LogP contribution in [-0.2, 0) is 0 Å². The fourth-order valence-electron chi connectivity index (χ4n) is 2.95. The maximum absolute atomic E-state index is 14.1. The van der Waals surface area contributed by atoms with Gasteiger partial charge in [-0.2, -0.15) is 0 Å². The third-order valence-corrected chi connectivity index (χ3v) is 4.34. The van der Waals surface area contributed by atoms with Crippen LogP contribution < -0.4 is 10.5 Å². The van der Waals surface area contributed by atoms with E-state index >= 15 is 0 Å². The average molecular weight is 294 g/mol. The number of carbonyl (C=O) groups excluding carboxylic acids is 1. The first-order valence-electron chi connectivity index (χ1n) is 7.45. The summed E-state index contributed by atoms with van der Waals surface area (Å²) in [5, 5.41) is 0. The monoisotopic (exact) mass is 294 g/mol. The van der Waals surface area contributed by atoms with Gasteiger partial charge in [0.2, 0.25) is 0 Å². The van der Waals surface area contributed by atoms with Crippen molar-refractivity contribution >= 4 is 5.91 Å². The predicted octanol–water partition coefficient (Wildman–Crippen LogP) is 2.42. The molecule has 5 heteroatoms. The van der Waals surface area contributed by atoms with E-state index in [9.17, 15) is 9.18 Å². The lowest BCUT2D eigenvalue weighted by Gasteiger charge is -2.39. The first-order chi connectivity index (χ1) is 10.1. The molecule has 2 atom stereocenters. The minimum atomic E-state index is -0.548. The largest absolute Gasteiger partial charge is 0.497 e. The van der Waals surface area contributed by atoms with E-state index in [2.05, 4.69) is 6.92 Å². The van der Waals surface area contributed by atoms with Crippen molar-refractivity contribution in [3.05, 3.63) is 29.6 Å². The van der Waals surface area contributed by atoms with Crippen molar-refractivity contribution < 1.29 is 13.9 Å². The second-order valence-electron chi connectivity index (χ2n) is 5.53. The third-order valence-electron chi connectivity index (χ3n) is 4.34. The van der Waals surface area contributed by atoms with Crippen molar-refractivity contribution in [2.45, 2.75) is 32.2 Å². The van der Waals surface area contributed by atoms with E-state index in [-0.39, 0.29) is 17.5 Å². The Balaban J connectivity index is 2.19. The van der Waals surface area contributed by atoms with Crippen molar-refractivity contribution in [1.29, 1.82) is 0 Å². The number of hydrogen-bond acceptors (Lipinski definition) is 3. The Morgan fingerprint density at radius 2 is 2.29 bits per heavy atom. The maximum atomic E-state index is 14.1. The smallest absolute Gasteiger partial charge is 0.257 e. The average Bonchev–Trinajstić information content (AvgIpc) is 2.53. The fraction of sp³-hybridized carbons (Fsp3) is 0.562. The number of piperidine rings is 1. The first-order valence-corrected chi connectivity index (χ1v) is 7.45. The van der Waals surface area contributed by atoms with Crippen LogP contribution in [0.15, 0.2) is 18.2 Å². The fourth-order valence-corrected chi connectivity index (χ4v) is 2.95. The molecule has 2 N–H and O–H groups in total. The molecule has 1 aliphatic heterocycles. The number of benzene rings is 1. The number of ether oxygens (including phenoxy) is 1. The van der Waals surface area contributed by atoms with Gasteiger partial charge in [0.15, 0.2) is 0 Å². The molecule has 1 fully saturated rings. The Morgan fingerprint density at radius 3 is 2.86 bits per heavy atom. The summed E-state index contributed by atoms with van der Waals surface area (Å²) in [6, 6.07) is 4.32. The van der Waals surface area contributed by atoms with Crippen molar-refractivity contribution in [2.75, 3.05) is 20.2 Å². The number of rotatable bonds is 4. The summed E-state index contributed by atoms with van der Waals surface area (Å²) >= 11 is 0. The molecular formula is C16H23FN2O2. The quantitative estimate of drug-likeness (QED) is 0.928. The Labute approximate surface area is 125 Å². The van der Waals surface area contributed by atoms with Gasteiger partial charge in [0.1, 0.15) is 11.6 Å². The van der Waals surface area contributed by atoms with Crippen LogP contribution in [0.2, 0.25) is 0 Å². The van der Waals surface area contributed by atoms with Crippen molar-refractivity contribution in [3.8, 4) is 5.75 Å². The van der Waals surface area contributed by atoms with E-state index in [1.54, 1.807) is 11.0 Å². The molecule has 1 aliphatic rings. The van der Waals surface area contributed by atoms with Gasteiger partial charge in [0.25, 0.3) is 5.91 Å². The second kappa shape index (κ2) is 6.89. The zero-order chi connectivity index (χ0) is 15.4. The molecule has 4 nitrogen and oxygen atoms in total. The van der Waals surface area contributed by atoms with E-state index in [4.69, 9.17) is 10.5 Å². The van der Waals surface area contributed by atoms with Gasteiger partial charge in [-0.3, -0.25) is 4.79 Å². The summed E-state index contributed by atoms with van der Waals surface area (Å²) in [5.74, 6) is 0.181. The minimum absolute atomic E-state index is 0.00213. The first kappa shape index (κ1) is 15.8. The van der Waals surface area contributed by atoms with Gasteiger partial charge in [-0.1, -0.05) is 13.3 Å². The van der Waals surface area contributed by atoms with Crippen molar-refractivity contribution in [3.63, 3.8) is 0 Å². The number of hydrogen-bond donors (Lipinski definition) is 1. The van der Waals surface area contributed by atoms with Crippen LogP contribution in [-0.4, -0.2) is 37.0 Å². The molecule has 0 bridgehead atoms. The van der Waals surface area contributed by atoms with Crippen LogP contribution >= 0.6 is 0 Å². The summed E-state index contributed by atoms with van der Waals surface area (Å²) in [5.41, 5.74) is 5.89. The molecule has 0 aromatic heterocycles. The lowest BCUT2D eigenvalue weighted by atomic mass is 9.88. The maximum Gasteiger partial charge on any atom is 0.257 e. The van der Waals surface area contributed by atoms with Crippen LogP contribution in [0.5, 0.6) is 5.75 Å². The van der Waals surface area contributed by atoms with Crippen LogP contribution in [0.25, 0.3) is 0 Å². The summed E-state index contributed by atoms with van der Waals surface area (Å²) in [6.07, 6.45) is 2.95. The lowest BCUT2D eigenvalue weighted by molar-refractivity contribution is 0.0554. The highest BCUT2D eigenvalue weighted by Crippen LogP contribution is 2.27. The number of likely N-dealkylation sites (tertiary alicyclic amines) is 1. The molecule has 1 aromatic rings. The Bertz CT molecular complexity index is 507. The van der Waals surface area contributed by atoms with Crippen LogP contribution in [0.1, 0.15) is 36.5 Å². The predicted molar refractivity (Wildman–Crippen MR) is 79.8 cm³/mol. The van der Waals surface area contributed by atoms with Gasteiger partial charge >= 0.3 is 0 Å². The van der Waals surface area contributed by atoms with E-state index in [0.717, 1.165) is 19.3 Å². The molecule has 0 spiro atoms. The van der Waals surface area contributed by atoms with Gasteiger partial charge in [-0.05, 0) is 30.9 Å². The Kier molecular flexibility index (Phi) is 5.17. The van der Waals surface area contributed by atoms with Crippen LogP contribution in [0.3, 0.4) is 0 Å². The van der Waals surface area contributed by atoms with Crippen LogP contribution in [0, 0.1) is 11.7 Å². The molecule has 1 amide bonds. The van der Waals surface area contributed by atoms with Gasteiger partial charge in [-0.15, -0.1) is 0 Å². The van der Waals surface area contributed by atoms with E-state index in [1.807, 2.05) is 0 Å². The Hall–Kier alpha value is -1.62. The van der Waals surface area contributed by atoms with Gasteiger partial charge in [-0.25, -0.2) is 4.39 Å². The summed E-state index contributed by atoms with van der Waals surface area (Å²) in [6.45, 7) is 3.21. The molecule has 1 aromatic carbocycles. The third kappa shape index (κ3) is 3.35. The molecule has 1 heterocycles. The lowest BCUT2D eigenvalue weighted by Crippen LogP contribution is -2.49. The van der Waals surface area contributed by atoms with E-state index in [1.165, 1.54) is 19.2 Å². The minimum Gasteiger partial charge on any atom is -0.497 e. The topological polar surface area (TPSA) is 55.6 Å². The number of amides is 1. The van der Waals surface area contributed by atoms with Gasteiger partial charge in [0.05, 0.1) is 12.7 Å². The van der Waals surface area contributed by atoms with Crippen LogP contribution in [0.4, 0.5) is 4.39 Å². The molecule has 21 heavy (non-hydrogen) atoms. The molecule has 2 unspecified atom stereocenters. The molecule has 116 valence electrons. The number of nitrogens with two attached hydrogens (primary N) is 1. The number of halogens is 1. The molecular weight excluding hydrogens is 271 g/mol. The van der Waals surface area contributed by atoms with E-state index in [0.29, 0.717) is 24.8 Å². The summed E-state index contributed by atoms with van der Waals surface area (Å²) < 4.78 is 19.0. The summed E-state index contributed by atoms with van der Waals surface area (Å²) in [7, 11) is 1.47. The second-order valence-corrected chi connectivity index (χ2v) is 5.53. The molecule has 1 saturated heterocycles.